The minimum Gasteiger partial charge on any atom is -0.507 e. The molecule has 0 amide bonds. The van der Waals surface area contributed by atoms with E-state index in [1.165, 1.54) is 12.7 Å². The van der Waals surface area contributed by atoms with Gasteiger partial charge in [-0.1, -0.05) is 67.5 Å². The van der Waals surface area contributed by atoms with Crippen LogP contribution in [0.25, 0.3) is 0 Å². The van der Waals surface area contributed by atoms with Crippen molar-refractivity contribution in [1.82, 2.24) is 0 Å². The quantitative estimate of drug-likeness (QED) is 0.704. The zero-order valence-corrected chi connectivity index (χ0v) is 17.5. The molecule has 1 aromatic carbocycles. The van der Waals surface area contributed by atoms with Gasteiger partial charge in [-0.3, -0.25) is 4.79 Å². The summed E-state index contributed by atoms with van der Waals surface area (Å²) in [6.45, 7) is 17.2. The Bertz CT molecular complexity index is 578. The van der Waals surface area contributed by atoms with Crippen LogP contribution in [0.1, 0.15) is 91.3 Å². The normalized spacial score (nSPS) is 13.0. The lowest BCUT2D eigenvalue weighted by Gasteiger charge is -2.33. The third-order valence-electron chi connectivity index (χ3n) is 4.92. The molecule has 1 rings (SSSR count). The monoisotopic (exact) mass is 348 g/mol. The maximum atomic E-state index is 11.4. The number of phenols is 1. The predicted molar refractivity (Wildman–Crippen MR) is 104 cm³/mol. The number of rotatable bonds is 5. The first-order chi connectivity index (χ1) is 11.2. The number of aromatic hydroxyl groups is 1. The van der Waals surface area contributed by atoms with Gasteiger partial charge in [-0.2, -0.15) is 0 Å². The molecule has 0 aliphatic rings. The molecular formula is C22H36O3. The van der Waals surface area contributed by atoms with E-state index in [0.29, 0.717) is 12.2 Å². The minimum atomic E-state index is -0.160. The summed E-state index contributed by atoms with van der Waals surface area (Å²) in [5.74, 6) is 0.251. The van der Waals surface area contributed by atoms with E-state index in [9.17, 15) is 9.90 Å². The fraction of sp³-hybridized carbons (Fsp3) is 0.682. The molecule has 1 aromatic rings. The predicted octanol–water partition coefficient (Wildman–Crippen LogP) is 5.61. The first kappa shape index (κ1) is 21.5. The maximum absolute atomic E-state index is 11.4. The van der Waals surface area contributed by atoms with Crippen molar-refractivity contribution in [2.45, 2.75) is 90.9 Å². The van der Waals surface area contributed by atoms with E-state index < -0.39 is 0 Å². The number of phenolic OH excluding ortho intramolecular Hbond substituents is 1. The fourth-order valence-electron chi connectivity index (χ4n) is 3.09. The van der Waals surface area contributed by atoms with Crippen molar-refractivity contribution in [2.24, 2.45) is 0 Å². The Morgan fingerprint density at radius 2 is 1.40 bits per heavy atom. The molecule has 0 fully saturated rings. The molecular weight excluding hydrogens is 312 g/mol. The van der Waals surface area contributed by atoms with Crippen molar-refractivity contribution in [1.29, 1.82) is 0 Å². The molecule has 0 radical (unpaired) electrons. The number of benzene rings is 1. The lowest BCUT2D eigenvalue weighted by atomic mass is 9.73. The highest BCUT2D eigenvalue weighted by Crippen LogP contribution is 2.43. The Morgan fingerprint density at radius 1 is 0.960 bits per heavy atom. The van der Waals surface area contributed by atoms with Gasteiger partial charge in [-0.25, -0.2) is 0 Å². The van der Waals surface area contributed by atoms with Gasteiger partial charge in [0, 0.05) is 6.42 Å². The first-order valence-electron chi connectivity index (χ1n) is 9.15. The summed E-state index contributed by atoms with van der Waals surface area (Å²) >= 11 is 0. The van der Waals surface area contributed by atoms with E-state index in [1.807, 2.05) is 0 Å². The van der Waals surface area contributed by atoms with Crippen molar-refractivity contribution >= 4 is 5.97 Å². The van der Waals surface area contributed by atoms with Crippen molar-refractivity contribution in [3.05, 3.63) is 28.8 Å². The van der Waals surface area contributed by atoms with Gasteiger partial charge < -0.3 is 9.84 Å². The Balaban J connectivity index is 3.32. The van der Waals surface area contributed by atoms with Crippen LogP contribution in [0.15, 0.2) is 12.1 Å². The van der Waals surface area contributed by atoms with Gasteiger partial charge in [-0.15, -0.1) is 0 Å². The van der Waals surface area contributed by atoms with E-state index in [0.717, 1.165) is 24.0 Å². The summed E-state index contributed by atoms with van der Waals surface area (Å²) in [5, 5.41) is 10.9. The molecule has 142 valence electrons. The van der Waals surface area contributed by atoms with Crippen molar-refractivity contribution in [3.8, 4) is 5.75 Å². The van der Waals surface area contributed by atoms with Gasteiger partial charge in [0.05, 0.1) is 7.11 Å². The molecule has 25 heavy (non-hydrogen) atoms. The van der Waals surface area contributed by atoms with Crippen LogP contribution in [0, 0.1) is 0 Å². The third kappa shape index (κ3) is 5.49. The van der Waals surface area contributed by atoms with E-state index in [-0.39, 0.29) is 22.2 Å². The number of carbonyl (C=O) groups is 1. The molecule has 3 heteroatoms. The van der Waals surface area contributed by atoms with Crippen LogP contribution in [0.5, 0.6) is 5.75 Å². The minimum absolute atomic E-state index is 0.0816. The molecule has 0 aliphatic carbocycles. The molecule has 1 N–H and O–H groups in total. The Labute approximate surface area is 153 Å². The number of hydrogen-bond donors (Lipinski definition) is 1. The number of esters is 1. The molecule has 0 atom stereocenters. The summed E-state index contributed by atoms with van der Waals surface area (Å²) in [4.78, 5) is 11.4. The van der Waals surface area contributed by atoms with E-state index in [4.69, 9.17) is 4.74 Å². The topological polar surface area (TPSA) is 46.5 Å². The molecule has 0 spiro atoms. The highest BCUT2D eigenvalue weighted by molar-refractivity contribution is 5.69. The Morgan fingerprint density at radius 3 is 1.76 bits per heavy atom. The molecule has 3 nitrogen and oxygen atoms in total. The van der Waals surface area contributed by atoms with Crippen LogP contribution in [-0.4, -0.2) is 18.2 Å². The standard InChI is InChI=1S/C22H36O3/c1-20(2,3)16-13-15(14-17(19(16)24)21(4,5)6)22(7,8)12-10-11-18(23)25-9/h13-14,24H,10-12H2,1-9H3. The van der Waals surface area contributed by atoms with Crippen molar-refractivity contribution in [2.75, 3.05) is 7.11 Å². The van der Waals surface area contributed by atoms with Crippen LogP contribution >= 0.6 is 0 Å². The zero-order chi connectivity index (χ0) is 19.6. The second-order valence-electron chi connectivity index (χ2n) is 9.73. The summed E-state index contributed by atoms with van der Waals surface area (Å²) in [6, 6.07) is 4.28. The van der Waals surface area contributed by atoms with Crippen LogP contribution in [-0.2, 0) is 25.8 Å². The molecule has 0 unspecified atom stereocenters. The Hall–Kier alpha value is -1.51. The van der Waals surface area contributed by atoms with Crippen molar-refractivity contribution in [3.63, 3.8) is 0 Å². The van der Waals surface area contributed by atoms with Gasteiger partial charge >= 0.3 is 5.97 Å². The molecule has 0 saturated carbocycles. The molecule has 0 aromatic heterocycles. The van der Waals surface area contributed by atoms with Crippen LogP contribution in [0.4, 0.5) is 0 Å². The van der Waals surface area contributed by atoms with E-state index >= 15 is 0 Å². The second-order valence-corrected chi connectivity index (χ2v) is 9.73. The zero-order valence-electron chi connectivity index (χ0n) is 17.5. The highest BCUT2D eigenvalue weighted by Gasteiger charge is 2.30. The lowest BCUT2D eigenvalue weighted by molar-refractivity contribution is -0.140. The first-order valence-corrected chi connectivity index (χ1v) is 9.15. The molecule has 0 saturated heterocycles. The summed E-state index contributed by atoms with van der Waals surface area (Å²) in [6.07, 6.45) is 2.12. The number of methoxy groups -OCH3 is 1. The SMILES string of the molecule is COC(=O)CCCC(C)(C)c1cc(C(C)(C)C)c(O)c(C(C)(C)C)c1. The summed E-state index contributed by atoms with van der Waals surface area (Å²) in [5.41, 5.74) is 2.82. The van der Waals surface area contributed by atoms with Gasteiger partial charge in [0.2, 0.25) is 0 Å². The lowest BCUT2D eigenvalue weighted by Crippen LogP contribution is -2.23. The van der Waals surface area contributed by atoms with E-state index in [2.05, 4.69) is 67.5 Å². The van der Waals surface area contributed by atoms with Gasteiger partial charge in [-0.05, 0) is 45.8 Å². The van der Waals surface area contributed by atoms with Crippen molar-refractivity contribution < 1.29 is 14.6 Å². The highest BCUT2D eigenvalue weighted by atomic mass is 16.5. The van der Waals surface area contributed by atoms with E-state index in [1.54, 1.807) is 0 Å². The summed E-state index contributed by atoms with van der Waals surface area (Å²) in [7, 11) is 1.43. The fourth-order valence-corrected chi connectivity index (χ4v) is 3.09. The number of hydrogen-bond acceptors (Lipinski definition) is 3. The maximum Gasteiger partial charge on any atom is 0.305 e. The van der Waals surface area contributed by atoms with Gasteiger partial charge in [0.25, 0.3) is 0 Å². The smallest absolute Gasteiger partial charge is 0.305 e. The average molecular weight is 349 g/mol. The number of ether oxygens (including phenoxy) is 1. The largest absolute Gasteiger partial charge is 0.507 e. The third-order valence-corrected chi connectivity index (χ3v) is 4.92. The second kappa shape index (κ2) is 7.39. The summed E-state index contributed by atoms with van der Waals surface area (Å²) < 4.78 is 4.74. The average Bonchev–Trinajstić information content (AvgIpc) is 2.44. The molecule has 0 heterocycles. The van der Waals surface area contributed by atoms with Gasteiger partial charge in [0.15, 0.2) is 0 Å². The number of carbonyl (C=O) groups excluding carboxylic acids is 1. The molecule has 0 bridgehead atoms. The van der Waals surface area contributed by atoms with Gasteiger partial charge in [0.1, 0.15) is 5.75 Å². The molecule has 0 aliphatic heterocycles. The Kier molecular flexibility index (Phi) is 6.36. The van der Waals surface area contributed by atoms with Crippen LogP contribution in [0.2, 0.25) is 0 Å². The van der Waals surface area contributed by atoms with Crippen LogP contribution < -0.4 is 0 Å². The van der Waals surface area contributed by atoms with Crippen LogP contribution in [0.3, 0.4) is 0 Å².